The lowest BCUT2D eigenvalue weighted by Gasteiger charge is -2.13. The van der Waals surface area contributed by atoms with Crippen molar-refractivity contribution in [2.75, 3.05) is 19.7 Å². The minimum atomic E-state index is -0.349. The smallest absolute Gasteiger partial charge is 0.261 e. The molecule has 0 bridgehead atoms. The highest BCUT2D eigenvalue weighted by Crippen LogP contribution is 2.22. The summed E-state index contributed by atoms with van der Waals surface area (Å²) in [5, 5.41) is 2.82. The second-order valence-electron chi connectivity index (χ2n) is 6.93. The monoisotopic (exact) mass is 406 g/mol. The second-order valence-corrected chi connectivity index (χ2v) is 6.93. The predicted molar refractivity (Wildman–Crippen MR) is 110 cm³/mol. The van der Waals surface area contributed by atoms with Gasteiger partial charge in [0.2, 0.25) is 5.91 Å². The Hall–Kier alpha value is -3.68. The van der Waals surface area contributed by atoms with Crippen LogP contribution in [0.2, 0.25) is 0 Å². The van der Waals surface area contributed by atoms with Gasteiger partial charge in [0.25, 0.3) is 11.8 Å². The Balaban J connectivity index is 1.28. The van der Waals surface area contributed by atoms with Crippen molar-refractivity contribution in [2.24, 2.45) is 0 Å². The van der Waals surface area contributed by atoms with Crippen molar-refractivity contribution in [2.45, 2.75) is 19.8 Å². The van der Waals surface area contributed by atoms with Crippen LogP contribution in [0, 0.1) is 0 Å². The van der Waals surface area contributed by atoms with Gasteiger partial charge in [-0.2, -0.15) is 0 Å². The molecule has 0 fully saturated rings. The van der Waals surface area contributed by atoms with Gasteiger partial charge in [-0.3, -0.25) is 19.3 Å². The van der Waals surface area contributed by atoms with E-state index in [1.54, 1.807) is 24.3 Å². The molecule has 4 rings (SSSR count). The molecule has 0 saturated carbocycles. The highest BCUT2D eigenvalue weighted by Gasteiger charge is 2.34. The number of pyridine rings is 1. The third-order valence-electron chi connectivity index (χ3n) is 4.94. The van der Waals surface area contributed by atoms with Crippen molar-refractivity contribution in [3.63, 3.8) is 0 Å². The lowest BCUT2D eigenvalue weighted by atomic mass is 10.1. The first-order valence-corrected chi connectivity index (χ1v) is 9.89. The molecular formula is C22H22N4O4. The number of benzene rings is 1. The molecule has 154 valence electrons. The third-order valence-corrected chi connectivity index (χ3v) is 4.94. The van der Waals surface area contributed by atoms with Gasteiger partial charge in [0, 0.05) is 38.3 Å². The predicted octanol–water partition coefficient (Wildman–Crippen LogP) is 2.08. The van der Waals surface area contributed by atoms with E-state index >= 15 is 0 Å². The summed E-state index contributed by atoms with van der Waals surface area (Å²) in [6, 6.07) is 10.5. The van der Waals surface area contributed by atoms with Crippen molar-refractivity contribution in [1.29, 1.82) is 0 Å². The van der Waals surface area contributed by atoms with Gasteiger partial charge in [-0.15, -0.1) is 0 Å². The topological polar surface area (TPSA) is 93.0 Å². The van der Waals surface area contributed by atoms with E-state index in [2.05, 4.69) is 10.3 Å². The summed E-state index contributed by atoms with van der Waals surface area (Å²) in [5.74, 6) is -0.196. The van der Waals surface area contributed by atoms with Crippen LogP contribution < -0.4 is 10.1 Å². The average Bonchev–Trinajstić information content (AvgIpc) is 3.27. The highest BCUT2D eigenvalue weighted by molar-refractivity contribution is 6.21. The number of imidazole rings is 1. The van der Waals surface area contributed by atoms with Crippen LogP contribution >= 0.6 is 0 Å². The fourth-order valence-corrected chi connectivity index (χ4v) is 3.50. The number of carbonyl (C=O) groups is 3. The van der Waals surface area contributed by atoms with Crippen LogP contribution in [0.4, 0.5) is 0 Å². The summed E-state index contributed by atoms with van der Waals surface area (Å²) in [4.78, 5) is 42.5. The van der Waals surface area contributed by atoms with E-state index in [1.165, 1.54) is 0 Å². The number of rotatable bonds is 8. The van der Waals surface area contributed by atoms with Crippen molar-refractivity contribution >= 4 is 23.4 Å². The van der Waals surface area contributed by atoms with Crippen LogP contribution in [0.25, 0.3) is 5.65 Å². The lowest BCUT2D eigenvalue weighted by Crippen LogP contribution is -2.35. The Bertz CT molecular complexity index is 1090. The van der Waals surface area contributed by atoms with Crippen molar-refractivity contribution in [3.8, 4) is 5.75 Å². The number of hydrogen-bond donors (Lipinski definition) is 1. The summed E-state index contributed by atoms with van der Waals surface area (Å²) in [6.45, 7) is 2.95. The van der Waals surface area contributed by atoms with E-state index in [1.807, 2.05) is 35.9 Å². The van der Waals surface area contributed by atoms with Gasteiger partial charge in [0.15, 0.2) is 11.4 Å². The minimum Gasteiger partial charge on any atom is -0.490 e. The molecular weight excluding hydrogens is 384 g/mol. The molecule has 1 aliphatic heterocycles. The number of fused-ring (bicyclic) bond motifs is 2. The van der Waals surface area contributed by atoms with Gasteiger partial charge in [-0.05, 0) is 31.2 Å². The van der Waals surface area contributed by atoms with Gasteiger partial charge >= 0.3 is 0 Å². The number of imide groups is 1. The standard InChI is InChI=1S/C22H22N4O4/c1-2-30-18-8-5-12-25-14-15(24-20(18)25)9-11-23-19(27)10-13-26-21(28)16-6-3-4-7-17(16)22(26)29/h3-8,12,14H,2,9-11,13H2,1H3,(H,23,27). The fraction of sp³-hybridized carbons (Fsp3) is 0.273. The zero-order valence-corrected chi connectivity index (χ0v) is 16.6. The molecule has 3 amide bonds. The molecule has 3 aromatic rings. The molecule has 1 aliphatic rings. The van der Waals surface area contributed by atoms with Crippen LogP contribution in [0.5, 0.6) is 5.75 Å². The Labute approximate surface area is 173 Å². The van der Waals surface area contributed by atoms with E-state index in [4.69, 9.17) is 4.74 Å². The zero-order valence-electron chi connectivity index (χ0n) is 16.6. The average molecular weight is 406 g/mol. The summed E-state index contributed by atoms with van der Waals surface area (Å²) in [5.41, 5.74) is 2.36. The number of amides is 3. The first kappa shape index (κ1) is 19.6. The molecule has 0 radical (unpaired) electrons. The van der Waals surface area contributed by atoms with Crippen molar-refractivity contribution < 1.29 is 19.1 Å². The molecule has 8 heteroatoms. The summed E-state index contributed by atoms with van der Waals surface area (Å²) in [6.07, 6.45) is 4.43. The Morgan fingerprint density at radius 2 is 1.83 bits per heavy atom. The number of ether oxygens (including phenoxy) is 1. The Morgan fingerprint density at radius 1 is 1.10 bits per heavy atom. The lowest BCUT2D eigenvalue weighted by molar-refractivity contribution is -0.121. The molecule has 3 heterocycles. The van der Waals surface area contributed by atoms with Gasteiger partial charge in [0.1, 0.15) is 0 Å². The SMILES string of the molecule is CCOc1cccn2cc(CCNC(=O)CCN3C(=O)c4ccccc4C3=O)nc12. The number of carbonyl (C=O) groups excluding carboxylic acids is 3. The number of nitrogens with zero attached hydrogens (tertiary/aromatic N) is 3. The van der Waals surface area contributed by atoms with Gasteiger partial charge < -0.3 is 14.5 Å². The van der Waals surface area contributed by atoms with Crippen LogP contribution in [0.1, 0.15) is 39.8 Å². The molecule has 0 atom stereocenters. The maximum atomic E-state index is 12.3. The van der Waals surface area contributed by atoms with Gasteiger partial charge in [-0.1, -0.05) is 12.1 Å². The molecule has 0 unspecified atom stereocenters. The fourth-order valence-electron chi connectivity index (χ4n) is 3.50. The van der Waals surface area contributed by atoms with E-state index in [-0.39, 0.29) is 30.7 Å². The van der Waals surface area contributed by atoms with Crippen molar-refractivity contribution in [3.05, 3.63) is 65.6 Å². The van der Waals surface area contributed by atoms with Crippen LogP contribution in [-0.4, -0.2) is 51.7 Å². The van der Waals surface area contributed by atoms with Crippen LogP contribution in [-0.2, 0) is 11.2 Å². The number of hydrogen-bond acceptors (Lipinski definition) is 5. The first-order valence-electron chi connectivity index (χ1n) is 9.89. The quantitative estimate of drug-likeness (QED) is 0.578. The summed E-state index contributed by atoms with van der Waals surface area (Å²) in [7, 11) is 0. The zero-order chi connectivity index (χ0) is 21.1. The molecule has 30 heavy (non-hydrogen) atoms. The highest BCUT2D eigenvalue weighted by atomic mass is 16.5. The summed E-state index contributed by atoms with van der Waals surface area (Å²) >= 11 is 0. The molecule has 0 spiro atoms. The maximum absolute atomic E-state index is 12.3. The van der Waals surface area contributed by atoms with Gasteiger partial charge in [-0.25, -0.2) is 4.98 Å². The Kier molecular flexibility index (Phi) is 5.47. The summed E-state index contributed by atoms with van der Waals surface area (Å²) < 4.78 is 7.48. The van der Waals surface area contributed by atoms with E-state index < -0.39 is 0 Å². The van der Waals surface area contributed by atoms with E-state index in [0.29, 0.717) is 30.7 Å². The van der Waals surface area contributed by atoms with Crippen molar-refractivity contribution in [1.82, 2.24) is 19.6 Å². The van der Waals surface area contributed by atoms with E-state index in [9.17, 15) is 14.4 Å². The molecule has 8 nitrogen and oxygen atoms in total. The maximum Gasteiger partial charge on any atom is 0.261 e. The number of nitrogens with one attached hydrogen (secondary N) is 1. The number of aromatic nitrogens is 2. The molecule has 1 N–H and O–H groups in total. The van der Waals surface area contributed by atoms with Gasteiger partial charge in [0.05, 0.1) is 23.4 Å². The minimum absolute atomic E-state index is 0.0598. The largest absolute Gasteiger partial charge is 0.490 e. The second kappa shape index (κ2) is 8.36. The first-order chi connectivity index (χ1) is 14.6. The molecule has 0 saturated heterocycles. The molecule has 2 aromatic heterocycles. The Morgan fingerprint density at radius 3 is 2.53 bits per heavy atom. The molecule has 0 aliphatic carbocycles. The van der Waals surface area contributed by atoms with Crippen LogP contribution in [0.15, 0.2) is 48.8 Å². The van der Waals surface area contributed by atoms with Crippen LogP contribution in [0.3, 0.4) is 0 Å². The third kappa shape index (κ3) is 3.76. The van der Waals surface area contributed by atoms with E-state index in [0.717, 1.165) is 22.0 Å². The molecule has 1 aromatic carbocycles. The normalized spacial score (nSPS) is 13.0.